The summed E-state index contributed by atoms with van der Waals surface area (Å²) in [5.74, 6) is 0.118. The Morgan fingerprint density at radius 1 is 1.67 bits per heavy atom. The topological polar surface area (TPSA) is 39.1 Å². The lowest BCUT2D eigenvalue weighted by atomic mass is 10.3. The van der Waals surface area contributed by atoms with Crippen molar-refractivity contribution in [3.63, 3.8) is 0 Å². The van der Waals surface area contributed by atoms with Crippen LogP contribution < -0.4 is 4.87 Å². The highest BCUT2D eigenvalue weighted by atomic mass is 32.1. The van der Waals surface area contributed by atoms with Crippen molar-refractivity contribution in [3.8, 4) is 0 Å². The Bertz CT molecular complexity index is 337. The van der Waals surface area contributed by atoms with Crippen molar-refractivity contribution in [2.24, 2.45) is 0 Å². The lowest BCUT2D eigenvalue weighted by molar-refractivity contribution is -0.117. The van der Waals surface area contributed by atoms with E-state index in [9.17, 15) is 9.59 Å². The number of rotatable bonds is 3. The van der Waals surface area contributed by atoms with Gasteiger partial charge in [-0.3, -0.25) is 9.59 Å². The third-order valence-corrected chi connectivity index (χ3v) is 2.54. The van der Waals surface area contributed by atoms with E-state index in [1.165, 1.54) is 18.3 Å². The van der Waals surface area contributed by atoms with Crippen LogP contribution in [-0.2, 0) is 11.3 Å². The molecule has 0 aliphatic carbocycles. The van der Waals surface area contributed by atoms with Crippen LogP contribution >= 0.6 is 11.3 Å². The monoisotopic (exact) mass is 185 g/mol. The van der Waals surface area contributed by atoms with Gasteiger partial charge in [0.05, 0.1) is 0 Å². The van der Waals surface area contributed by atoms with Gasteiger partial charge in [-0.15, -0.1) is 0 Å². The van der Waals surface area contributed by atoms with Crippen LogP contribution in [0.4, 0.5) is 0 Å². The SMILES string of the molecule is CC(=O)CCn1c(C)csc1=O. The molecule has 0 aromatic carbocycles. The van der Waals surface area contributed by atoms with E-state index in [1.54, 1.807) is 4.57 Å². The number of hydrogen-bond donors (Lipinski definition) is 0. The summed E-state index contributed by atoms with van der Waals surface area (Å²) in [5, 5.41) is 1.81. The molecule has 1 heterocycles. The smallest absolute Gasteiger partial charge is 0.303 e. The standard InChI is InChI=1S/C8H11NO2S/c1-6-5-12-8(11)9(6)4-3-7(2)10/h5H,3-4H2,1-2H3. The zero-order valence-corrected chi connectivity index (χ0v) is 7.98. The molecular formula is C8H11NO2S. The Morgan fingerprint density at radius 2 is 2.33 bits per heavy atom. The molecule has 4 heteroatoms. The van der Waals surface area contributed by atoms with Crippen LogP contribution in [0, 0.1) is 6.92 Å². The molecule has 1 rings (SSSR count). The zero-order chi connectivity index (χ0) is 9.14. The highest BCUT2D eigenvalue weighted by Crippen LogP contribution is 2.00. The summed E-state index contributed by atoms with van der Waals surface area (Å²) < 4.78 is 1.63. The van der Waals surface area contributed by atoms with E-state index in [0.717, 1.165) is 5.69 Å². The molecule has 0 radical (unpaired) electrons. The van der Waals surface area contributed by atoms with Gasteiger partial charge >= 0.3 is 4.87 Å². The number of ketones is 1. The van der Waals surface area contributed by atoms with Crippen LogP contribution in [0.2, 0.25) is 0 Å². The number of Topliss-reactive ketones (excluding diaryl/α,β-unsaturated/α-hetero) is 1. The summed E-state index contributed by atoms with van der Waals surface area (Å²) in [4.78, 5) is 21.8. The third-order valence-electron chi connectivity index (χ3n) is 1.66. The Morgan fingerprint density at radius 3 is 2.75 bits per heavy atom. The Kier molecular flexibility index (Phi) is 2.81. The fourth-order valence-corrected chi connectivity index (χ4v) is 1.70. The minimum Gasteiger partial charge on any atom is -0.303 e. The largest absolute Gasteiger partial charge is 0.307 e. The quantitative estimate of drug-likeness (QED) is 0.709. The Labute approximate surface area is 74.6 Å². The van der Waals surface area contributed by atoms with E-state index >= 15 is 0 Å². The van der Waals surface area contributed by atoms with E-state index < -0.39 is 0 Å². The molecule has 12 heavy (non-hydrogen) atoms. The number of hydrogen-bond acceptors (Lipinski definition) is 3. The number of thiazole rings is 1. The van der Waals surface area contributed by atoms with Crippen molar-refractivity contribution < 1.29 is 4.79 Å². The lowest BCUT2D eigenvalue weighted by Crippen LogP contribution is -2.15. The maximum atomic E-state index is 11.1. The molecule has 0 N–H and O–H groups in total. The molecule has 1 aromatic rings. The highest BCUT2D eigenvalue weighted by Gasteiger charge is 2.02. The van der Waals surface area contributed by atoms with Gasteiger partial charge in [0, 0.05) is 24.0 Å². The van der Waals surface area contributed by atoms with E-state index in [2.05, 4.69) is 0 Å². The van der Waals surface area contributed by atoms with E-state index in [4.69, 9.17) is 0 Å². The average molecular weight is 185 g/mol. The maximum absolute atomic E-state index is 11.1. The fraction of sp³-hybridized carbons (Fsp3) is 0.500. The molecule has 3 nitrogen and oxygen atoms in total. The van der Waals surface area contributed by atoms with Crippen LogP contribution in [0.5, 0.6) is 0 Å². The normalized spacial score (nSPS) is 10.2. The van der Waals surface area contributed by atoms with E-state index in [-0.39, 0.29) is 10.7 Å². The number of nitrogens with zero attached hydrogens (tertiary/aromatic N) is 1. The molecule has 0 atom stereocenters. The molecule has 0 saturated carbocycles. The summed E-state index contributed by atoms with van der Waals surface area (Å²) in [6.45, 7) is 3.92. The fourth-order valence-electron chi connectivity index (χ4n) is 0.944. The van der Waals surface area contributed by atoms with Crippen LogP contribution in [0.1, 0.15) is 19.0 Å². The number of carbonyl (C=O) groups excluding carboxylic acids is 1. The highest BCUT2D eigenvalue weighted by molar-refractivity contribution is 7.07. The molecule has 0 saturated heterocycles. The summed E-state index contributed by atoms with van der Waals surface area (Å²) in [7, 11) is 0. The second-order valence-electron chi connectivity index (χ2n) is 2.75. The predicted octanol–water partition coefficient (Wildman–Crippen LogP) is 1.20. The number of aryl methyl sites for hydroxylation is 1. The van der Waals surface area contributed by atoms with E-state index in [1.807, 2.05) is 12.3 Å². The second-order valence-corrected chi connectivity index (χ2v) is 3.57. The first kappa shape index (κ1) is 9.19. The summed E-state index contributed by atoms with van der Waals surface area (Å²) in [6.07, 6.45) is 0.442. The molecule has 0 bridgehead atoms. The maximum Gasteiger partial charge on any atom is 0.307 e. The van der Waals surface area contributed by atoms with Gasteiger partial charge in [0.1, 0.15) is 5.78 Å². The Balaban J connectivity index is 2.75. The van der Waals surface area contributed by atoms with Crippen LogP contribution in [0.3, 0.4) is 0 Å². The molecule has 0 aliphatic heterocycles. The van der Waals surface area contributed by atoms with Crippen LogP contribution in [-0.4, -0.2) is 10.4 Å². The van der Waals surface area contributed by atoms with Gasteiger partial charge in [-0.25, -0.2) is 0 Å². The lowest BCUT2D eigenvalue weighted by Gasteiger charge is -2.00. The zero-order valence-electron chi connectivity index (χ0n) is 7.16. The summed E-state index contributed by atoms with van der Waals surface area (Å²) in [6, 6.07) is 0. The van der Waals surface area contributed by atoms with Crippen molar-refractivity contribution in [1.29, 1.82) is 0 Å². The van der Waals surface area contributed by atoms with Gasteiger partial charge in [-0.1, -0.05) is 11.3 Å². The molecule has 66 valence electrons. The van der Waals surface area contributed by atoms with E-state index in [0.29, 0.717) is 13.0 Å². The van der Waals surface area contributed by atoms with Gasteiger partial charge in [0.2, 0.25) is 0 Å². The minimum atomic E-state index is 0.0220. The van der Waals surface area contributed by atoms with Gasteiger partial charge in [0.15, 0.2) is 0 Å². The van der Waals surface area contributed by atoms with Crippen molar-refractivity contribution in [1.82, 2.24) is 4.57 Å². The molecule has 0 aliphatic rings. The third kappa shape index (κ3) is 2.04. The molecule has 1 aromatic heterocycles. The van der Waals surface area contributed by atoms with Crippen molar-refractivity contribution in [2.45, 2.75) is 26.8 Å². The van der Waals surface area contributed by atoms with Gasteiger partial charge in [-0.05, 0) is 13.8 Å². The second kappa shape index (κ2) is 3.67. The van der Waals surface area contributed by atoms with Crippen molar-refractivity contribution in [3.05, 3.63) is 20.7 Å². The van der Waals surface area contributed by atoms with Crippen molar-refractivity contribution >= 4 is 17.1 Å². The molecule has 0 amide bonds. The molecule has 0 spiro atoms. The average Bonchev–Trinajstić information content (AvgIpc) is 2.28. The molecule has 0 unspecified atom stereocenters. The minimum absolute atomic E-state index is 0.0220. The van der Waals surface area contributed by atoms with Crippen LogP contribution in [0.15, 0.2) is 10.2 Å². The van der Waals surface area contributed by atoms with Gasteiger partial charge in [-0.2, -0.15) is 0 Å². The summed E-state index contributed by atoms with van der Waals surface area (Å²) in [5.41, 5.74) is 0.936. The first-order valence-corrected chi connectivity index (χ1v) is 4.63. The Hall–Kier alpha value is -0.900. The number of aromatic nitrogens is 1. The molecule has 0 fully saturated rings. The molecular weight excluding hydrogens is 174 g/mol. The van der Waals surface area contributed by atoms with Crippen molar-refractivity contribution in [2.75, 3.05) is 0 Å². The van der Waals surface area contributed by atoms with Crippen LogP contribution in [0.25, 0.3) is 0 Å². The van der Waals surface area contributed by atoms with Gasteiger partial charge < -0.3 is 4.57 Å². The summed E-state index contributed by atoms with van der Waals surface area (Å²) >= 11 is 1.18. The van der Waals surface area contributed by atoms with Gasteiger partial charge in [0.25, 0.3) is 0 Å². The first-order chi connectivity index (χ1) is 5.61. The predicted molar refractivity (Wildman–Crippen MR) is 48.6 cm³/mol. The number of carbonyl (C=O) groups is 1. The first-order valence-electron chi connectivity index (χ1n) is 3.75.